The van der Waals surface area contributed by atoms with Crippen molar-refractivity contribution in [1.82, 2.24) is 30.9 Å². The number of rotatable bonds is 6. The first kappa shape index (κ1) is 11.5. The molecule has 1 aromatic heterocycles. The fourth-order valence-electron chi connectivity index (χ4n) is 1.01. The van der Waals surface area contributed by atoms with E-state index in [2.05, 4.69) is 25.9 Å². The Hall–Kier alpha value is -1.54. The van der Waals surface area contributed by atoms with Crippen LogP contribution in [0.5, 0.6) is 0 Å². The summed E-state index contributed by atoms with van der Waals surface area (Å²) in [5, 5.41) is 17.1. The molecule has 8 nitrogen and oxygen atoms in total. The number of H-pyrrole nitrogens is 1. The van der Waals surface area contributed by atoms with Gasteiger partial charge in [0.25, 0.3) is 0 Å². The Morgan fingerprint density at radius 2 is 2.47 bits per heavy atom. The van der Waals surface area contributed by atoms with Crippen molar-refractivity contribution < 1.29 is 4.79 Å². The highest BCUT2D eigenvalue weighted by molar-refractivity contribution is 5.77. The number of nitrogens with zero attached hydrogens (tertiary/aromatic N) is 4. The van der Waals surface area contributed by atoms with Gasteiger partial charge in [-0.2, -0.15) is 0 Å². The van der Waals surface area contributed by atoms with Crippen molar-refractivity contribution in [2.45, 2.75) is 19.9 Å². The van der Waals surface area contributed by atoms with Crippen LogP contribution in [0.2, 0.25) is 0 Å². The number of amides is 1. The second-order valence-corrected chi connectivity index (χ2v) is 3.04. The number of nitrogens with one attached hydrogen (secondary N) is 2. The maximum atomic E-state index is 11.3. The SMILES string of the molecule is CCCN(N)C(=O)CNCc1nnn[nH]1. The van der Waals surface area contributed by atoms with E-state index in [0.717, 1.165) is 6.42 Å². The van der Waals surface area contributed by atoms with Crippen LogP contribution in [0.1, 0.15) is 19.2 Å². The Balaban J connectivity index is 2.17. The molecule has 4 N–H and O–H groups in total. The van der Waals surface area contributed by atoms with E-state index in [9.17, 15) is 4.79 Å². The van der Waals surface area contributed by atoms with E-state index in [1.54, 1.807) is 0 Å². The normalized spacial score (nSPS) is 10.3. The zero-order valence-electron chi connectivity index (χ0n) is 8.60. The largest absolute Gasteiger partial charge is 0.301 e. The summed E-state index contributed by atoms with van der Waals surface area (Å²) >= 11 is 0. The fraction of sp³-hybridized carbons (Fsp3) is 0.714. The Morgan fingerprint density at radius 3 is 3.07 bits per heavy atom. The van der Waals surface area contributed by atoms with Crippen molar-refractivity contribution in [1.29, 1.82) is 0 Å². The topological polar surface area (TPSA) is 113 Å². The molecule has 0 spiro atoms. The minimum atomic E-state index is -0.149. The lowest BCUT2D eigenvalue weighted by Crippen LogP contribution is -2.43. The molecule has 0 fully saturated rings. The molecule has 1 aromatic rings. The Morgan fingerprint density at radius 1 is 1.67 bits per heavy atom. The number of carbonyl (C=O) groups is 1. The van der Waals surface area contributed by atoms with Crippen LogP contribution in [-0.4, -0.2) is 44.6 Å². The fourth-order valence-corrected chi connectivity index (χ4v) is 1.01. The molecule has 0 saturated heterocycles. The highest BCUT2D eigenvalue weighted by Gasteiger charge is 2.07. The lowest BCUT2D eigenvalue weighted by molar-refractivity contribution is -0.130. The van der Waals surface area contributed by atoms with Gasteiger partial charge in [0.05, 0.1) is 13.1 Å². The molecule has 1 heterocycles. The van der Waals surface area contributed by atoms with Gasteiger partial charge in [-0.1, -0.05) is 6.92 Å². The molecule has 15 heavy (non-hydrogen) atoms. The van der Waals surface area contributed by atoms with Crippen molar-refractivity contribution in [3.63, 3.8) is 0 Å². The molecule has 0 aliphatic carbocycles. The van der Waals surface area contributed by atoms with Crippen LogP contribution in [0.4, 0.5) is 0 Å². The molecule has 0 aromatic carbocycles. The first-order valence-corrected chi connectivity index (χ1v) is 4.72. The van der Waals surface area contributed by atoms with E-state index < -0.39 is 0 Å². The third-order valence-corrected chi connectivity index (χ3v) is 1.74. The predicted octanol–water partition coefficient (Wildman–Crippen LogP) is -1.60. The van der Waals surface area contributed by atoms with Gasteiger partial charge in [0.1, 0.15) is 0 Å². The van der Waals surface area contributed by atoms with Gasteiger partial charge >= 0.3 is 0 Å². The van der Waals surface area contributed by atoms with Crippen molar-refractivity contribution >= 4 is 5.91 Å². The summed E-state index contributed by atoms with van der Waals surface area (Å²) in [6, 6.07) is 0. The molecule has 0 bridgehead atoms. The summed E-state index contributed by atoms with van der Waals surface area (Å²) in [4.78, 5) is 11.3. The lowest BCUT2D eigenvalue weighted by Gasteiger charge is -2.15. The van der Waals surface area contributed by atoms with Gasteiger partial charge in [0, 0.05) is 6.54 Å². The molecule has 0 aliphatic heterocycles. The molecule has 0 aliphatic rings. The maximum absolute atomic E-state index is 11.3. The molecule has 1 rings (SSSR count). The van der Waals surface area contributed by atoms with Crippen LogP contribution in [0.15, 0.2) is 0 Å². The lowest BCUT2D eigenvalue weighted by atomic mass is 10.4. The third kappa shape index (κ3) is 4.00. The van der Waals surface area contributed by atoms with Gasteiger partial charge < -0.3 is 5.32 Å². The van der Waals surface area contributed by atoms with Gasteiger partial charge in [-0.05, 0) is 16.8 Å². The average Bonchev–Trinajstić information content (AvgIpc) is 2.71. The van der Waals surface area contributed by atoms with Crippen LogP contribution in [0.25, 0.3) is 0 Å². The van der Waals surface area contributed by atoms with Crippen LogP contribution in [0.3, 0.4) is 0 Å². The molecule has 0 saturated carbocycles. The second-order valence-electron chi connectivity index (χ2n) is 3.04. The summed E-state index contributed by atoms with van der Waals surface area (Å²) in [5.41, 5.74) is 0. The summed E-state index contributed by atoms with van der Waals surface area (Å²) in [7, 11) is 0. The molecular formula is C7H15N7O. The van der Waals surface area contributed by atoms with Gasteiger partial charge in [-0.3, -0.25) is 9.80 Å². The Labute approximate surface area is 87.2 Å². The number of carbonyl (C=O) groups excluding carboxylic acids is 1. The maximum Gasteiger partial charge on any atom is 0.250 e. The Bertz CT molecular complexity index is 286. The number of hydrogen-bond acceptors (Lipinski definition) is 6. The van der Waals surface area contributed by atoms with E-state index in [-0.39, 0.29) is 12.5 Å². The molecular weight excluding hydrogens is 198 g/mol. The molecule has 0 unspecified atom stereocenters. The van der Waals surface area contributed by atoms with Crippen LogP contribution >= 0.6 is 0 Å². The minimum Gasteiger partial charge on any atom is -0.301 e. The predicted molar refractivity (Wildman–Crippen MR) is 52.1 cm³/mol. The van der Waals surface area contributed by atoms with Gasteiger partial charge in [0.15, 0.2) is 5.82 Å². The van der Waals surface area contributed by atoms with E-state index in [0.29, 0.717) is 18.9 Å². The zero-order valence-corrected chi connectivity index (χ0v) is 8.60. The summed E-state index contributed by atoms with van der Waals surface area (Å²) in [6.07, 6.45) is 0.842. The zero-order chi connectivity index (χ0) is 11.1. The molecule has 0 radical (unpaired) electrons. The third-order valence-electron chi connectivity index (χ3n) is 1.74. The number of tetrazole rings is 1. The monoisotopic (exact) mass is 213 g/mol. The minimum absolute atomic E-state index is 0.149. The number of aromatic nitrogens is 4. The van der Waals surface area contributed by atoms with Gasteiger partial charge in [-0.25, -0.2) is 10.9 Å². The standard InChI is InChI=1S/C7H15N7O/c1-2-3-14(8)7(15)5-9-4-6-10-12-13-11-6/h9H,2-5,8H2,1H3,(H,10,11,12,13). The quantitative estimate of drug-likeness (QED) is 0.298. The summed E-state index contributed by atoms with van der Waals surface area (Å²) in [6.45, 7) is 3.11. The van der Waals surface area contributed by atoms with E-state index in [1.165, 1.54) is 5.01 Å². The van der Waals surface area contributed by atoms with Crippen LogP contribution in [-0.2, 0) is 11.3 Å². The summed E-state index contributed by atoms with van der Waals surface area (Å²) in [5.74, 6) is 5.92. The smallest absolute Gasteiger partial charge is 0.250 e. The number of aromatic amines is 1. The summed E-state index contributed by atoms with van der Waals surface area (Å²) < 4.78 is 0. The number of hydrogen-bond donors (Lipinski definition) is 3. The number of hydrazine groups is 1. The molecule has 0 atom stereocenters. The number of nitrogens with two attached hydrogens (primary N) is 1. The van der Waals surface area contributed by atoms with E-state index in [4.69, 9.17) is 5.84 Å². The highest BCUT2D eigenvalue weighted by atomic mass is 16.2. The molecule has 8 heteroatoms. The van der Waals surface area contributed by atoms with Crippen molar-refractivity contribution in [2.75, 3.05) is 13.1 Å². The second kappa shape index (κ2) is 6.04. The van der Waals surface area contributed by atoms with Crippen LogP contribution < -0.4 is 11.2 Å². The van der Waals surface area contributed by atoms with Crippen LogP contribution in [0, 0.1) is 0 Å². The van der Waals surface area contributed by atoms with Gasteiger partial charge in [-0.15, -0.1) is 5.10 Å². The van der Waals surface area contributed by atoms with Gasteiger partial charge in [0.2, 0.25) is 5.91 Å². The van der Waals surface area contributed by atoms with Crippen molar-refractivity contribution in [3.05, 3.63) is 5.82 Å². The van der Waals surface area contributed by atoms with E-state index >= 15 is 0 Å². The average molecular weight is 213 g/mol. The first-order valence-electron chi connectivity index (χ1n) is 4.72. The van der Waals surface area contributed by atoms with Crippen molar-refractivity contribution in [2.24, 2.45) is 5.84 Å². The highest BCUT2D eigenvalue weighted by Crippen LogP contribution is 1.85. The van der Waals surface area contributed by atoms with E-state index in [1.807, 2.05) is 6.92 Å². The first-order chi connectivity index (χ1) is 7.24. The molecule has 1 amide bonds. The Kier molecular flexibility index (Phi) is 4.64. The molecule has 84 valence electrons. The van der Waals surface area contributed by atoms with Crippen molar-refractivity contribution in [3.8, 4) is 0 Å².